The second-order valence-corrected chi connectivity index (χ2v) is 6.15. The molecule has 0 aromatic carbocycles. The van der Waals surface area contributed by atoms with E-state index in [-0.39, 0.29) is 5.91 Å². The minimum absolute atomic E-state index is 0.00752. The minimum Gasteiger partial charge on any atom is -0.301 e. The molecule has 1 aliphatic heterocycles. The summed E-state index contributed by atoms with van der Waals surface area (Å²) in [7, 11) is 0. The van der Waals surface area contributed by atoms with Gasteiger partial charge in [0.05, 0.1) is 12.2 Å². The third-order valence-electron chi connectivity index (χ3n) is 3.62. The van der Waals surface area contributed by atoms with Crippen LogP contribution in [0.3, 0.4) is 0 Å². The topological polar surface area (TPSA) is 61.4 Å². The largest absolute Gasteiger partial charge is 0.301 e. The maximum atomic E-state index is 11.9. The molecule has 22 heavy (non-hydrogen) atoms. The highest BCUT2D eigenvalue weighted by atomic mass is 32.1. The average Bonchev–Trinajstić information content (AvgIpc) is 3.03. The van der Waals surface area contributed by atoms with Crippen molar-refractivity contribution in [3.05, 3.63) is 41.7 Å². The molecule has 0 aliphatic carbocycles. The van der Waals surface area contributed by atoms with Crippen LogP contribution in [0.1, 0.15) is 5.69 Å². The minimum atomic E-state index is 0.00752. The Bertz CT molecular complexity index is 581. The number of amides is 1. The van der Waals surface area contributed by atoms with Gasteiger partial charge in [0, 0.05) is 50.5 Å². The molecule has 0 unspecified atom stereocenters. The van der Waals surface area contributed by atoms with Crippen LogP contribution in [0, 0.1) is 0 Å². The van der Waals surface area contributed by atoms with E-state index < -0.39 is 0 Å². The number of nitrogens with one attached hydrogen (secondary N) is 1. The molecule has 2 aromatic rings. The van der Waals surface area contributed by atoms with E-state index in [0.717, 1.165) is 38.4 Å². The average molecular weight is 317 g/mol. The van der Waals surface area contributed by atoms with Gasteiger partial charge in [-0.3, -0.25) is 19.6 Å². The van der Waals surface area contributed by atoms with Crippen molar-refractivity contribution < 1.29 is 4.79 Å². The van der Waals surface area contributed by atoms with Crippen LogP contribution >= 0.6 is 11.3 Å². The second-order valence-electron chi connectivity index (χ2n) is 5.26. The molecule has 6 nitrogen and oxygen atoms in total. The van der Waals surface area contributed by atoms with Gasteiger partial charge in [-0.25, -0.2) is 4.98 Å². The maximum Gasteiger partial charge on any atom is 0.240 e. The molecule has 3 heterocycles. The van der Waals surface area contributed by atoms with Crippen LogP contribution in [0.15, 0.2) is 36.0 Å². The molecule has 3 rings (SSSR count). The van der Waals surface area contributed by atoms with Crippen molar-refractivity contribution >= 4 is 22.4 Å². The maximum absolute atomic E-state index is 11.9. The van der Waals surface area contributed by atoms with Gasteiger partial charge in [0.2, 0.25) is 5.91 Å². The number of thiazole rings is 1. The summed E-state index contributed by atoms with van der Waals surface area (Å²) in [4.78, 5) is 24.9. The van der Waals surface area contributed by atoms with Crippen molar-refractivity contribution in [1.82, 2.24) is 19.8 Å². The summed E-state index contributed by atoms with van der Waals surface area (Å²) in [6, 6.07) is 6.00. The summed E-state index contributed by atoms with van der Waals surface area (Å²) in [5.74, 6) is 0.00752. The first kappa shape index (κ1) is 15.1. The molecule has 0 atom stereocenters. The monoisotopic (exact) mass is 317 g/mol. The lowest BCUT2D eigenvalue weighted by Crippen LogP contribution is -2.48. The smallest absolute Gasteiger partial charge is 0.240 e. The van der Waals surface area contributed by atoms with Crippen LogP contribution in [0.4, 0.5) is 5.13 Å². The number of hydrogen-bond acceptors (Lipinski definition) is 6. The van der Waals surface area contributed by atoms with E-state index in [1.54, 1.807) is 6.20 Å². The highest BCUT2D eigenvalue weighted by Crippen LogP contribution is 2.11. The SMILES string of the molecule is O=C(CN1CCN(Cc2ccccn2)CC1)Nc1nccs1. The molecule has 0 radical (unpaired) electrons. The van der Waals surface area contributed by atoms with Gasteiger partial charge in [0.15, 0.2) is 5.13 Å². The Hall–Kier alpha value is -1.83. The van der Waals surface area contributed by atoms with Crippen LogP contribution in [-0.2, 0) is 11.3 Å². The summed E-state index contributed by atoms with van der Waals surface area (Å²) in [6.07, 6.45) is 3.52. The van der Waals surface area contributed by atoms with Crippen LogP contribution in [0.25, 0.3) is 0 Å². The lowest BCUT2D eigenvalue weighted by atomic mass is 10.2. The lowest BCUT2D eigenvalue weighted by molar-refractivity contribution is -0.117. The van der Waals surface area contributed by atoms with Crippen molar-refractivity contribution in [3.8, 4) is 0 Å². The molecule has 1 aliphatic rings. The van der Waals surface area contributed by atoms with Crippen LogP contribution in [0.2, 0.25) is 0 Å². The highest BCUT2D eigenvalue weighted by molar-refractivity contribution is 7.13. The van der Waals surface area contributed by atoms with Gasteiger partial charge in [0.1, 0.15) is 0 Å². The Balaban J connectivity index is 1.41. The summed E-state index contributed by atoms with van der Waals surface area (Å²) in [5.41, 5.74) is 1.09. The molecule has 0 saturated carbocycles. The van der Waals surface area contributed by atoms with Crippen LogP contribution in [-0.4, -0.2) is 58.4 Å². The molecule has 1 saturated heterocycles. The first-order valence-electron chi connectivity index (χ1n) is 7.33. The Morgan fingerprint density at radius 1 is 1.14 bits per heavy atom. The lowest BCUT2D eigenvalue weighted by Gasteiger charge is -2.33. The quantitative estimate of drug-likeness (QED) is 0.900. The predicted molar refractivity (Wildman–Crippen MR) is 86.7 cm³/mol. The van der Waals surface area contributed by atoms with Gasteiger partial charge in [0.25, 0.3) is 0 Å². The van der Waals surface area contributed by atoms with Crippen molar-refractivity contribution in [2.24, 2.45) is 0 Å². The van der Waals surface area contributed by atoms with E-state index in [1.165, 1.54) is 11.3 Å². The van der Waals surface area contributed by atoms with Crippen LogP contribution in [0.5, 0.6) is 0 Å². The molecule has 116 valence electrons. The Morgan fingerprint density at radius 3 is 2.64 bits per heavy atom. The fourth-order valence-corrected chi connectivity index (χ4v) is 3.02. The molecule has 2 aromatic heterocycles. The number of rotatable bonds is 5. The number of pyridine rings is 1. The zero-order chi connectivity index (χ0) is 15.2. The van der Waals surface area contributed by atoms with Crippen LogP contribution < -0.4 is 5.32 Å². The Kier molecular flexibility index (Phi) is 5.10. The van der Waals surface area contributed by atoms with E-state index in [0.29, 0.717) is 11.7 Å². The Labute approximate surface area is 133 Å². The standard InChI is InChI=1S/C15H19N5OS/c21-14(18-15-17-5-10-22-15)12-20-8-6-19(7-9-20)11-13-3-1-2-4-16-13/h1-5,10H,6-9,11-12H2,(H,17,18,21). The number of carbonyl (C=O) groups is 1. The van der Waals surface area contributed by atoms with E-state index in [2.05, 4.69) is 25.1 Å². The molecule has 7 heteroatoms. The molecule has 0 spiro atoms. The van der Waals surface area contributed by atoms with E-state index in [4.69, 9.17) is 0 Å². The van der Waals surface area contributed by atoms with Gasteiger partial charge >= 0.3 is 0 Å². The number of hydrogen-bond donors (Lipinski definition) is 1. The van der Waals surface area contributed by atoms with E-state index >= 15 is 0 Å². The first-order valence-corrected chi connectivity index (χ1v) is 8.21. The van der Waals surface area contributed by atoms with Gasteiger partial charge < -0.3 is 5.32 Å². The predicted octanol–water partition coefficient (Wildman–Crippen LogP) is 1.29. The van der Waals surface area contributed by atoms with Gasteiger partial charge in [-0.15, -0.1) is 11.3 Å². The molecular formula is C15H19N5OS. The number of piperazine rings is 1. The summed E-state index contributed by atoms with van der Waals surface area (Å²) in [5, 5.41) is 5.34. The molecule has 1 N–H and O–H groups in total. The third-order valence-corrected chi connectivity index (χ3v) is 4.31. The van der Waals surface area contributed by atoms with Gasteiger partial charge in [-0.05, 0) is 12.1 Å². The second kappa shape index (κ2) is 7.44. The van der Waals surface area contributed by atoms with Crippen molar-refractivity contribution in [2.75, 3.05) is 38.0 Å². The fraction of sp³-hybridized carbons (Fsp3) is 0.400. The summed E-state index contributed by atoms with van der Waals surface area (Å²) >= 11 is 1.44. The number of aromatic nitrogens is 2. The normalized spacial score (nSPS) is 16.5. The van der Waals surface area contributed by atoms with E-state index in [1.807, 2.05) is 29.8 Å². The zero-order valence-electron chi connectivity index (χ0n) is 12.3. The third kappa shape index (κ3) is 4.33. The van der Waals surface area contributed by atoms with Gasteiger partial charge in [-0.1, -0.05) is 6.07 Å². The van der Waals surface area contributed by atoms with Crippen molar-refractivity contribution in [1.29, 1.82) is 0 Å². The van der Waals surface area contributed by atoms with Crippen molar-refractivity contribution in [3.63, 3.8) is 0 Å². The summed E-state index contributed by atoms with van der Waals surface area (Å²) in [6.45, 7) is 5.02. The highest BCUT2D eigenvalue weighted by Gasteiger charge is 2.19. The molecule has 1 fully saturated rings. The van der Waals surface area contributed by atoms with Gasteiger partial charge in [-0.2, -0.15) is 0 Å². The van der Waals surface area contributed by atoms with Crippen molar-refractivity contribution in [2.45, 2.75) is 6.54 Å². The number of nitrogens with zero attached hydrogens (tertiary/aromatic N) is 4. The fourth-order valence-electron chi connectivity index (χ4n) is 2.47. The molecular weight excluding hydrogens is 298 g/mol. The zero-order valence-corrected chi connectivity index (χ0v) is 13.1. The molecule has 1 amide bonds. The Morgan fingerprint density at radius 2 is 1.95 bits per heavy atom. The molecule has 0 bridgehead atoms. The number of carbonyl (C=O) groups excluding carboxylic acids is 1. The van der Waals surface area contributed by atoms with E-state index in [9.17, 15) is 4.79 Å². The first-order chi connectivity index (χ1) is 10.8. The summed E-state index contributed by atoms with van der Waals surface area (Å²) < 4.78 is 0. The number of anilines is 1.